The molecule has 1 atom stereocenters. The number of pyridine rings is 1. The molecule has 1 amide bonds. The highest BCUT2D eigenvalue weighted by atomic mass is 19.1. The zero-order valence-electron chi connectivity index (χ0n) is 12.3. The highest BCUT2D eigenvalue weighted by Crippen LogP contribution is 2.19. The van der Waals surface area contributed by atoms with Crippen LogP contribution < -0.4 is 10.2 Å². The van der Waals surface area contributed by atoms with Gasteiger partial charge < -0.3 is 15.0 Å². The first-order valence-electron chi connectivity index (χ1n) is 7.48. The number of alkyl carbamates (subject to hydrolysis) is 1. The molecule has 2 heterocycles. The van der Waals surface area contributed by atoms with Crippen LogP contribution in [0.4, 0.5) is 14.9 Å². The van der Waals surface area contributed by atoms with Gasteiger partial charge in [-0.05, 0) is 19.3 Å². The molecule has 116 valence electrons. The molecule has 5 nitrogen and oxygen atoms in total. The van der Waals surface area contributed by atoms with Crippen molar-refractivity contribution in [3.05, 3.63) is 24.3 Å². The topological polar surface area (TPSA) is 54.5 Å². The van der Waals surface area contributed by atoms with E-state index in [1.54, 1.807) is 6.20 Å². The van der Waals surface area contributed by atoms with Gasteiger partial charge in [-0.15, -0.1) is 0 Å². The molecule has 0 aromatic carbocycles. The second-order valence-corrected chi connectivity index (χ2v) is 5.28. The van der Waals surface area contributed by atoms with Gasteiger partial charge in [0.25, 0.3) is 0 Å². The molecule has 6 heteroatoms. The summed E-state index contributed by atoms with van der Waals surface area (Å²) in [4.78, 5) is 17.6. The van der Waals surface area contributed by atoms with Gasteiger partial charge >= 0.3 is 6.09 Å². The molecule has 1 fully saturated rings. The van der Waals surface area contributed by atoms with Crippen LogP contribution in [0.5, 0.6) is 0 Å². The lowest BCUT2D eigenvalue weighted by molar-refractivity contribution is 0.139. The quantitative estimate of drug-likeness (QED) is 0.849. The summed E-state index contributed by atoms with van der Waals surface area (Å²) in [6, 6.07) is 1.49. The van der Waals surface area contributed by atoms with Crippen molar-refractivity contribution in [1.29, 1.82) is 0 Å². The minimum Gasteiger partial charge on any atom is -0.450 e. The molecule has 1 aromatic heterocycles. The Bertz CT molecular complexity index is 470. The van der Waals surface area contributed by atoms with Crippen molar-refractivity contribution in [3.8, 4) is 0 Å². The zero-order chi connectivity index (χ0) is 15.1. The van der Waals surface area contributed by atoms with Crippen LogP contribution in [0.15, 0.2) is 18.5 Å². The smallest absolute Gasteiger partial charge is 0.407 e. The number of hydrogen-bond donors (Lipinski definition) is 1. The summed E-state index contributed by atoms with van der Waals surface area (Å²) in [5.41, 5.74) is 0.751. The second-order valence-electron chi connectivity index (χ2n) is 5.28. The number of halogens is 1. The predicted octanol–water partition coefficient (Wildman–Crippen LogP) is 2.72. The summed E-state index contributed by atoms with van der Waals surface area (Å²) in [6.07, 6.45) is 6.18. The summed E-state index contributed by atoms with van der Waals surface area (Å²) < 4.78 is 18.3. The first kappa shape index (κ1) is 15.5. The molecule has 0 unspecified atom stereocenters. The lowest BCUT2D eigenvalue weighted by atomic mass is 10.1. The van der Waals surface area contributed by atoms with Crippen molar-refractivity contribution in [3.63, 3.8) is 0 Å². The molecule has 0 bridgehead atoms. The Labute approximate surface area is 124 Å². The maximum absolute atomic E-state index is 13.2. The highest BCUT2D eigenvalue weighted by molar-refractivity contribution is 5.67. The Morgan fingerprint density at radius 1 is 1.57 bits per heavy atom. The van der Waals surface area contributed by atoms with Crippen molar-refractivity contribution in [2.24, 2.45) is 0 Å². The highest BCUT2D eigenvalue weighted by Gasteiger charge is 2.22. The van der Waals surface area contributed by atoms with Crippen molar-refractivity contribution in [1.82, 2.24) is 10.3 Å². The number of anilines is 1. The van der Waals surface area contributed by atoms with E-state index < -0.39 is 0 Å². The lowest BCUT2D eigenvalue weighted by Crippen LogP contribution is -2.48. The van der Waals surface area contributed by atoms with E-state index in [0.717, 1.165) is 37.9 Å². The molecule has 21 heavy (non-hydrogen) atoms. The number of nitrogens with one attached hydrogen (secondary N) is 1. The van der Waals surface area contributed by atoms with Gasteiger partial charge in [-0.25, -0.2) is 9.18 Å². The van der Waals surface area contributed by atoms with Gasteiger partial charge in [0.05, 0.1) is 24.7 Å². The fourth-order valence-corrected chi connectivity index (χ4v) is 2.42. The van der Waals surface area contributed by atoms with Gasteiger partial charge in [0.2, 0.25) is 0 Å². The molecule has 0 spiro atoms. The Hall–Kier alpha value is -1.85. The standard InChI is InChI=1S/C15H22FN3O2/c1-2-3-7-21-15(20)18-13-5-4-6-19(11-13)14-8-12(16)9-17-10-14/h8-10,13H,2-7,11H2,1H3,(H,18,20)/t13-/m0/s1. The van der Waals surface area contributed by atoms with Gasteiger partial charge in [0, 0.05) is 25.2 Å². The third-order valence-electron chi connectivity index (χ3n) is 3.53. The van der Waals surface area contributed by atoms with Crippen LogP contribution in [0, 0.1) is 5.82 Å². The van der Waals surface area contributed by atoms with Crippen molar-refractivity contribution in [2.75, 3.05) is 24.6 Å². The van der Waals surface area contributed by atoms with Gasteiger partial charge in [0.15, 0.2) is 0 Å². The average molecular weight is 295 g/mol. The van der Waals surface area contributed by atoms with Crippen molar-refractivity contribution in [2.45, 2.75) is 38.6 Å². The fourth-order valence-electron chi connectivity index (χ4n) is 2.42. The number of carbonyl (C=O) groups excluding carboxylic acids is 1. The zero-order valence-corrected chi connectivity index (χ0v) is 12.3. The molecular formula is C15H22FN3O2. The van der Waals surface area contributed by atoms with Crippen molar-refractivity contribution >= 4 is 11.8 Å². The van der Waals surface area contributed by atoms with Crippen LogP contribution >= 0.6 is 0 Å². The number of ether oxygens (including phenoxy) is 1. The molecule has 1 aliphatic heterocycles. The minimum absolute atomic E-state index is 0.0242. The number of aromatic nitrogens is 1. The Balaban J connectivity index is 1.84. The third kappa shape index (κ3) is 4.88. The third-order valence-corrected chi connectivity index (χ3v) is 3.53. The van der Waals surface area contributed by atoms with E-state index in [0.29, 0.717) is 13.2 Å². The van der Waals surface area contributed by atoms with E-state index >= 15 is 0 Å². The van der Waals surface area contributed by atoms with E-state index in [1.807, 2.05) is 11.8 Å². The molecule has 2 rings (SSSR count). The Kier molecular flexibility index (Phi) is 5.78. The number of piperidine rings is 1. The number of rotatable bonds is 5. The number of carbonyl (C=O) groups is 1. The molecule has 1 aliphatic rings. The Morgan fingerprint density at radius 3 is 3.19 bits per heavy atom. The lowest BCUT2D eigenvalue weighted by Gasteiger charge is -2.34. The number of nitrogens with zero attached hydrogens (tertiary/aromatic N) is 2. The monoisotopic (exact) mass is 295 g/mol. The maximum Gasteiger partial charge on any atom is 0.407 e. The predicted molar refractivity (Wildman–Crippen MR) is 78.8 cm³/mol. The van der Waals surface area contributed by atoms with Crippen LogP contribution in [-0.4, -0.2) is 36.8 Å². The van der Waals surface area contributed by atoms with Gasteiger partial charge in [0.1, 0.15) is 5.82 Å². The molecular weight excluding hydrogens is 273 g/mol. The molecule has 0 aliphatic carbocycles. The number of amides is 1. The van der Waals surface area contributed by atoms with Crippen molar-refractivity contribution < 1.29 is 13.9 Å². The average Bonchev–Trinajstić information content (AvgIpc) is 2.48. The van der Waals surface area contributed by atoms with Crippen LogP contribution in [0.1, 0.15) is 32.6 Å². The summed E-state index contributed by atoms with van der Waals surface area (Å²) in [7, 11) is 0. The van der Waals surface area contributed by atoms with E-state index in [2.05, 4.69) is 10.3 Å². The first-order chi connectivity index (χ1) is 10.2. The molecule has 0 saturated carbocycles. The molecule has 1 saturated heterocycles. The van der Waals surface area contributed by atoms with E-state index in [4.69, 9.17) is 4.74 Å². The summed E-state index contributed by atoms with van der Waals surface area (Å²) in [5.74, 6) is -0.346. The molecule has 1 aromatic rings. The SMILES string of the molecule is CCCCOC(=O)N[C@H]1CCCN(c2cncc(F)c2)C1. The number of hydrogen-bond acceptors (Lipinski definition) is 4. The van der Waals surface area contributed by atoms with Crippen LogP contribution in [0.2, 0.25) is 0 Å². The van der Waals surface area contributed by atoms with Gasteiger partial charge in [-0.1, -0.05) is 13.3 Å². The van der Waals surface area contributed by atoms with Gasteiger partial charge in [-0.2, -0.15) is 0 Å². The summed E-state index contributed by atoms with van der Waals surface area (Å²) in [6.45, 7) is 3.99. The minimum atomic E-state index is -0.368. The summed E-state index contributed by atoms with van der Waals surface area (Å²) >= 11 is 0. The van der Waals surface area contributed by atoms with Gasteiger partial charge in [-0.3, -0.25) is 4.98 Å². The molecule has 0 radical (unpaired) electrons. The maximum atomic E-state index is 13.2. The summed E-state index contributed by atoms with van der Waals surface area (Å²) in [5, 5.41) is 2.88. The van der Waals surface area contributed by atoms with E-state index in [9.17, 15) is 9.18 Å². The van der Waals surface area contributed by atoms with E-state index in [-0.39, 0.29) is 18.0 Å². The Morgan fingerprint density at radius 2 is 2.43 bits per heavy atom. The second kappa shape index (κ2) is 7.81. The van der Waals surface area contributed by atoms with Crippen LogP contribution in [-0.2, 0) is 4.74 Å². The number of unbranched alkanes of at least 4 members (excludes halogenated alkanes) is 1. The first-order valence-corrected chi connectivity index (χ1v) is 7.48. The van der Waals surface area contributed by atoms with E-state index in [1.165, 1.54) is 12.3 Å². The fraction of sp³-hybridized carbons (Fsp3) is 0.600. The normalized spacial score (nSPS) is 18.4. The van der Waals surface area contributed by atoms with Crippen LogP contribution in [0.25, 0.3) is 0 Å². The largest absolute Gasteiger partial charge is 0.450 e. The van der Waals surface area contributed by atoms with Crippen LogP contribution in [0.3, 0.4) is 0 Å². The molecule has 1 N–H and O–H groups in total.